The van der Waals surface area contributed by atoms with E-state index >= 15 is 0 Å². The van der Waals surface area contributed by atoms with Gasteiger partial charge in [0.1, 0.15) is 0 Å². The fourth-order valence-corrected chi connectivity index (χ4v) is 4.01. The lowest BCUT2D eigenvalue weighted by atomic mass is 10.0. The summed E-state index contributed by atoms with van der Waals surface area (Å²) in [6.07, 6.45) is 1.84. The molecule has 148 valence electrons. The van der Waals surface area contributed by atoms with Crippen molar-refractivity contribution in [3.05, 3.63) is 94.9 Å². The number of carbonyl (C=O) groups is 2. The number of carboxylic acids is 1. The minimum atomic E-state index is -0.952. The largest absolute Gasteiger partial charge is 0.478 e. The summed E-state index contributed by atoms with van der Waals surface area (Å²) in [5.41, 5.74) is 3.68. The van der Waals surface area contributed by atoms with Crippen LogP contribution in [0.5, 0.6) is 0 Å². The van der Waals surface area contributed by atoms with Crippen LogP contribution >= 0.6 is 11.8 Å². The van der Waals surface area contributed by atoms with E-state index in [4.69, 9.17) is 5.11 Å². The van der Waals surface area contributed by atoms with E-state index in [-0.39, 0.29) is 11.5 Å². The molecular weight excluding hydrogens is 396 g/mol. The maximum absolute atomic E-state index is 12.6. The van der Waals surface area contributed by atoms with Crippen LogP contribution in [0.25, 0.3) is 17.2 Å². The van der Waals surface area contributed by atoms with E-state index in [9.17, 15) is 9.59 Å². The lowest BCUT2D eigenvalue weighted by Crippen LogP contribution is -2.23. The molecule has 0 radical (unpaired) electrons. The normalized spacial score (nSPS) is 16.4. The van der Waals surface area contributed by atoms with Crippen molar-refractivity contribution in [2.45, 2.75) is 0 Å². The molecule has 30 heavy (non-hydrogen) atoms. The minimum absolute atomic E-state index is 0.0899. The van der Waals surface area contributed by atoms with E-state index in [1.807, 2.05) is 66.7 Å². The standard InChI is InChI=1S/C24H18N2O3S/c1-26-22(27)21(30-24(26)25-20-8-3-2-4-9-20)14-16-10-12-17(13-11-16)18-6-5-7-19(15-18)23(28)29/h2-15H,1H3,(H,28,29). The van der Waals surface area contributed by atoms with Crippen LogP contribution in [-0.2, 0) is 4.79 Å². The zero-order chi connectivity index (χ0) is 21.1. The summed E-state index contributed by atoms with van der Waals surface area (Å²) < 4.78 is 0. The number of hydrogen-bond donors (Lipinski definition) is 1. The number of thioether (sulfide) groups is 1. The number of benzene rings is 3. The van der Waals surface area contributed by atoms with Gasteiger partial charge >= 0.3 is 5.97 Å². The Morgan fingerprint density at radius 2 is 1.70 bits per heavy atom. The molecule has 1 fully saturated rings. The third kappa shape index (κ3) is 4.18. The first-order valence-corrected chi connectivity index (χ1v) is 10.1. The molecule has 0 spiro atoms. The Balaban J connectivity index is 1.56. The van der Waals surface area contributed by atoms with Crippen molar-refractivity contribution in [2.75, 3.05) is 7.05 Å². The van der Waals surface area contributed by atoms with Gasteiger partial charge in [0.2, 0.25) is 0 Å². The highest BCUT2D eigenvalue weighted by molar-refractivity contribution is 8.18. The van der Waals surface area contributed by atoms with Gasteiger partial charge in [0.15, 0.2) is 5.17 Å². The first-order chi connectivity index (χ1) is 14.5. The first-order valence-electron chi connectivity index (χ1n) is 9.26. The Bertz CT molecular complexity index is 1170. The van der Waals surface area contributed by atoms with Gasteiger partial charge in [-0.25, -0.2) is 9.79 Å². The van der Waals surface area contributed by atoms with Gasteiger partial charge in [-0.15, -0.1) is 0 Å². The maximum Gasteiger partial charge on any atom is 0.335 e. The lowest BCUT2D eigenvalue weighted by Gasteiger charge is -2.06. The summed E-state index contributed by atoms with van der Waals surface area (Å²) >= 11 is 1.34. The molecule has 3 aromatic rings. The van der Waals surface area contributed by atoms with Crippen LogP contribution in [-0.4, -0.2) is 34.1 Å². The molecule has 4 rings (SSSR count). The zero-order valence-corrected chi connectivity index (χ0v) is 17.0. The van der Waals surface area contributed by atoms with Gasteiger partial charge in [-0.2, -0.15) is 0 Å². The number of aliphatic imine (C=N–C) groups is 1. The highest BCUT2D eigenvalue weighted by Gasteiger charge is 2.30. The van der Waals surface area contributed by atoms with Crippen molar-refractivity contribution < 1.29 is 14.7 Å². The fourth-order valence-electron chi connectivity index (χ4n) is 3.02. The monoisotopic (exact) mass is 414 g/mol. The van der Waals surface area contributed by atoms with Crippen LogP contribution in [0, 0.1) is 0 Å². The quantitative estimate of drug-likeness (QED) is 0.589. The van der Waals surface area contributed by atoms with Crippen molar-refractivity contribution in [1.29, 1.82) is 0 Å². The van der Waals surface area contributed by atoms with Crippen LogP contribution in [0.4, 0.5) is 5.69 Å². The van der Waals surface area contributed by atoms with Crippen molar-refractivity contribution in [3.63, 3.8) is 0 Å². The van der Waals surface area contributed by atoms with Crippen LogP contribution in [0.2, 0.25) is 0 Å². The fraction of sp³-hybridized carbons (Fsp3) is 0.0417. The Morgan fingerprint density at radius 3 is 2.40 bits per heavy atom. The van der Waals surface area contributed by atoms with Gasteiger partial charge in [-0.3, -0.25) is 9.69 Å². The van der Waals surface area contributed by atoms with Crippen LogP contribution in [0.15, 0.2) is 88.8 Å². The van der Waals surface area contributed by atoms with Gasteiger partial charge < -0.3 is 5.11 Å². The molecule has 1 aliphatic heterocycles. The van der Waals surface area contributed by atoms with Gasteiger partial charge in [0, 0.05) is 7.05 Å². The highest BCUT2D eigenvalue weighted by Crippen LogP contribution is 2.33. The van der Waals surface area contributed by atoms with Crippen molar-refractivity contribution in [3.8, 4) is 11.1 Å². The Hall–Kier alpha value is -3.64. The number of likely N-dealkylation sites (N-methyl/N-ethyl adjacent to an activating group) is 1. The van der Waals surface area contributed by atoms with E-state index in [0.29, 0.717) is 10.1 Å². The number of nitrogens with zero attached hydrogens (tertiary/aromatic N) is 2. The second-order valence-corrected chi connectivity index (χ2v) is 7.72. The molecule has 1 aliphatic rings. The molecule has 5 nitrogen and oxygen atoms in total. The second-order valence-electron chi connectivity index (χ2n) is 6.71. The first kappa shape index (κ1) is 19.7. The van der Waals surface area contributed by atoms with Crippen molar-refractivity contribution in [1.82, 2.24) is 4.90 Å². The van der Waals surface area contributed by atoms with Crippen LogP contribution in [0.1, 0.15) is 15.9 Å². The average molecular weight is 414 g/mol. The highest BCUT2D eigenvalue weighted by atomic mass is 32.2. The molecule has 0 bridgehead atoms. The third-order valence-electron chi connectivity index (χ3n) is 4.64. The summed E-state index contributed by atoms with van der Waals surface area (Å²) in [4.78, 5) is 30.5. The molecule has 1 heterocycles. The average Bonchev–Trinajstić information content (AvgIpc) is 3.03. The van der Waals surface area contributed by atoms with E-state index < -0.39 is 5.97 Å². The molecule has 3 aromatic carbocycles. The number of amides is 1. The summed E-state index contributed by atoms with van der Waals surface area (Å²) in [5.74, 6) is -1.04. The minimum Gasteiger partial charge on any atom is -0.478 e. The van der Waals surface area contributed by atoms with Crippen molar-refractivity contribution in [2.24, 2.45) is 4.99 Å². The molecule has 0 unspecified atom stereocenters. The summed E-state index contributed by atoms with van der Waals surface area (Å²) in [7, 11) is 1.72. The molecule has 1 amide bonds. The number of hydrogen-bond acceptors (Lipinski definition) is 4. The number of aromatic carboxylic acids is 1. The number of carboxylic acid groups (broad SMARTS) is 1. The molecule has 0 atom stereocenters. The Labute approximate surface area is 178 Å². The predicted molar refractivity (Wildman–Crippen MR) is 121 cm³/mol. The molecule has 1 N–H and O–H groups in total. The molecule has 1 saturated heterocycles. The summed E-state index contributed by atoms with van der Waals surface area (Å²) in [6, 6.07) is 24.0. The summed E-state index contributed by atoms with van der Waals surface area (Å²) in [6.45, 7) is 0. The zero-order valence-electron chi connectivity index (χ0n) is 16.1. The SMILES string of the molecule is CN1C(=O)C(=Cc2ccc(-c3cccc(C(=O)O)c3)cc2)SC1=Nc1ccccc1. The van der Waals surface area contributed by atoms with Gasteiger partial charge in [-0.05, 0) is 58.8 Å². The number of rotatable bonds is 4. The van der Waals surface area contributed by atoms with E-state index in [2.05, 4.69) is 4.99 Å². The number of amidine groups is 1. The molecule has 6 heteroatoms. The predicted octanol–water partition coefficient (Wildman–Crippen LogP) is 5.29. The van der Waals surface area contributed by atoms with Crippen molar-refractivity contribution >= 4 is 40.6 Å². The van der Waals surface area contributed by atoms with Gasteiger partial charge in [-0.1, -0.05) is 54.6 Å². The molecule has 0 aromatic heterocycles. The number of carbonyl (C=O) groups excluding carboxylic acids is 1. The third-order valence-corrected chi connectivity index (χ3v) is 5.70. The van der Waals surface area contributed by atoms with Gasteiger partial charge in [0.25, 0.3) is 5.91 Å². The maximum atomic E-state index is 12.6. The second kappa shape index (κ2) is 8.39. The van der Waals surface area contributed by atoms with E-state index in [1.54, 1.807) is 30.1 Å². The lowest BCUT2D eigenvalue weighted by molar-refractivity contribution is -0.121. The smallest absolute Gasteiger partial charge is 0.335 e. The topological polar surface area (TPSA) is 70.0 Å². The van der Waals surface area contributed by atoms with E-state index in [1.165, 1.54) is 11.8 Å². The van der Waals surface area contributed by atoms with E-state index in [0.717, 1.165) is 22.4 Å². The number of para-hydroxylation sites is 1. The Kier molecular flexibility index (Phi) is 5.50. The van der Waals surface area contributed by atoms with Crippen LogP contribution in [0.3, 0.4) is 0 Å². The van der Waals surface area contributed by atoms with Gasteiger partial charge in [0.05, 0.1) is 16.2 Å². The van der Waals surface area contributed by atoms with Crippen LogP contribution < -0.4 is 0 Å². The summed E-state index contributed by atoms with van der Waals surface area (Å²) in [5, 5.41) is 9.80. The Morgan fingerprint density at radius 1 is 0.967 bits per heavy atom. The molecular formula is C24H18N2O3S. The molecule has 0 aliphatic carbocycles. The molecule has 0 saturated carbocycles.